The summed E-state index contributed by atoms with van der Waals surface area (Å²) < 4.78 is 22.3. The Balaban J connectivity index is 1.75. The molecule has 1 fully saturated rings. The summed E-state index contributed by atoms with van der Waals surface area (Å²) in [6, 6.07) is 5.01. The second-order valence-electron chi connectivity index (χ2n) is 8.25. The van der Waals surface area contributed by atoms with E-state index in [1.54, 1.807) is 12.3 Å². The molecule has 196 valence electrons. The Morgan fingerprint density at radius 2 is 1.92 bits per heavy atom. The monoisotopic (exact) mass is 546 g/mol. The minimum atomic E-state index is -0.230. The number of nitrogens with zero attached hydrogens (tertiary/aromatic N) is 2. The molecule has 9 nitrogen and oxygen atoms in total. The van der Waals surface area contributed by atoms with E-state index >= 15 is 0 Å². The van der Waals surface area contributed by atoms with E-state index in [0.717, 1.165) is 10.8 Å². The average Bonchev–Trinajstić information content (AvgIpc) is 2.90. The number of hydrogen-bond donors (Lipinski definition) is 2. The van der Waals surface area contributed by atoms with Gasteiger partial charge in [-0.3, -0.25) is 4.79 Å². The molecule has 1 amide bonds. The molecule has 1 saturated heterocycles. The third-order valence-electron chi connectivity index (χ3n) is 5.99. The summed E-state index contributed by atoms with van der Waals surface area (Å²) in [6.07, 6.45) is 3.64. The SMILES string of the molecule is C=CC(=O)N[C@H]1CCOC[C@H]1Nc1cc2c(OCC)nc(-c3c(Cl)c(OC)cc(OC)c3Cl)cc2cn1. The standard InChI is InChI=1S/C26H28Cl2N4O5/c1-5-22(33)31-16-7-8-36-13-18(16)30-21-10-15-14(12-29-21)9-17(32-26(15)37-6-2)23-24(27)19(34-3)11-20(35-4)25(23)28/h5,9-12,16,18H,1,6-8,13H2,2-4H3,(H,29,30)(H,31,33)/t16-,18+/m0/s1. The van der Waals surface area contributed by atoms with Crippen molar-refractivity contribution in [3.63, 3.8) is 0 Å². The number of aromatic nitrogens is 2. The lowest BCUT2D eigenvalue weighted by molar-refractivity contribution is -0.117. The van der Waals surface area contributed by atoms with E-state index in [4.69, 9.17) is 47.1 Å². The lowest BCUT2D eigenvalue weighted by atomic mass is 10.0. The van der Waals surface area contributed by atoms with Gasteiger partial charge in [0.25, 0.3) is 0 Å². The molecule has 1 aromatic carbocycles. The predicted molar refractivity (Wildman–Crippen MR) is 144 cm³/mol. The minimum Gasteiger partial charge on any atom is -0.495 e. The maximum atomic E-state index is 11.9. The number of methoxy groups -OCH3 is 2. The Bertz CT molecular complexity index is 1290. The van der Waals surface area contributed by atoms with Gasteiger partial charge in [0.05, 0.1) is 55.3 Å². The van der Waals surface area contributed by atoms with Crippen LogP contribution in [-0.4, -0.2) is 62.0 Å². The first kappa shape index (κ1) is 26.8. The molecule has 3 aromatic rings. The van der Waals surface area contributed by atoms with E-state index in [1.165, 1.54) is 20.3 Å². The van der Waals surface area contributed by atoms with Crippen LogP contribution < -0.4 is 24.8 Å². The van der Waals surface area contributed by atoms with Gasteiger partial charge in [-0.25, -0.2) is 9.97 Å². The molecule has 0 unspecified atom stereocenters. The number of pyridine rings is 2. The molecule has 0 aliphatic carbocycles. The van der Waals surface area contributed by atoms with E-state index in [1.807, 2.05) is 19.1 Å². The number of hydrogen-bond acceptors (Lipinski definition) is 8. The quantitative estimate of drug-likeness (QED) is 0.365. The van der Waals surface area contributed by atoms with Crippen molar-refractivity contribution >= 4 is 45.7 Å². The van der Waals surface area contributed by atoms with Crippen molar-refractivity contribution < 1.29 is 23.7 Å². The van der Waals surface area contributed by atoms with Gasteiger partial charge >= 0.3 is 0 Å². The molecule has 4 rings (SSSR count). The molecule has 0 saturated carbocycles. The van der Waals surface area contributed by atoms with Gasteiger partial charge in [0.2, 0.25) is 11.8 Å². The number of nitrogens with one attached hydrogen (secondary N) is 2. The molecule has 0 radical (unpaired) electrons. The van der Waals surface area contributed by atoms with Crippen LogP contribution in [0, 0.1) is 0 Å². The number of benzene rings is 1. The third-order valence-corrected chi connectivity index (χ3v) is 6.74. The number of halogens is 2. The topological polar surface area (TPSA) is 104 Å². The lowest BCUT2D eigenvalue weighted by Gasteiger charge is -2.32. The fourth-order valence-electron chi connectivity index (χ4n) is 4.16. The normalized spacial score (nSPS) is 17.2. The van der Waals surface area contributed by atoms with E-state index in [-0.39, 0.29) is 18.0 Å². The van der Waals surface area contributed by atoms with Crippen LogP contribution in [0.1, 0.15) is 13.3 Å². The number of ether oxygens (including phenoxy) is 4. The maximum absolute atomic E-state index is 11.9. The Labute approximate surface area is 225 Å². The zero-order chi connectivity index (χ0) is 26.5. The third kappa shape index (κ3) is 5.69. The van der Waals surface area contributed by atoms with Gasteiger partial charge in [0.1, 0.15) is 17.3 Å². The number of carbonyl (C=O) groups excluding carboxylic acids is 1. The fourth-order valence-corrected chi connectivity index (χ4v) is 4.86. The van der Waals surface area contributed by atoms with Gasteiger partial charge < -0.3 is 29.6 Å². The number of fused-ring (bicyclic) bond motifs is 1. The first-order valence-electron chi connectivity index (χ1n) is 11.7. The second-order valence-corrected chi connectivity index (χ2v) is 9.01. The van der Waals surface area contributed by atoms with Crippen LogP contribution in [-0.2, 0) is 9.53 Å². The molecule has 3 heterocycles. The van der Waals surface area contributed by atoms with Crippen molar-refractivity contribution in [2.45, 2.75) is 25.4 Å². The van der Waals surface area contributed by atoms with Crippen molar-refractivity contribution in [3.8, 4) is 28.6 Å². The predicted octanol–water partition coefficient (Wildman–Crippen LogP) is 4.89. The first-order chi connectivity index (χ1) is 17.9. The van der Waals surface area contributed by atoms with Gasteiger partial charge in [0, 0.05) is 35.2 Å². The highest BCUT2D eigenvalue weighted by molar-refractivity contribution is 6.41. The van der Waals surface area contributed by atoms with Crippen LogP contribution >= 0.6 is 23.2 Å². The molecule has 37 heavy (non-hydrogen) atoms. The Kier molecular flexibility index (Phi) is 8.58. The maximum Gasteiger partial charge on any atom is 0.243 e. The molecular weight excluding hydrogens is 519 g/mol. The van der Waals surface area contributed by atoms with E-state index in [0.29, 0.717) is 70.7 Å². The van der Waals surface area contributed by atoms with E-state index < -0.39 is 0 Å². The molecule has 11 heteroatoms. The van der Waals surface area contributed by atoms with E-state index in [9.17, 15) is 4.79 Å². The summed E-state index contributed by atoms with van der Waals surface area (Å²) in [4.78, 5) is 21.2. The van der Waals surface area contributed by atoms with Gasteiger partial charge in [-0.05, 0) is 31.6 Å². The molecule has 0 bridgehead atoms. The highest BCUT2D eigenvalue weighted by atomic mass is 35.5. The zero-order valence-electron chi connectivity index (χ0n) is 20.8. The average molecular weight is 547 g/mol. The van der Waals surface area contributed by atoms with Gasteiger partial charge in [-0.15, -0.1) is 0 Å². The Morgan fingerprint density at radius 3 is 2.57 bits per heavy atom. The summed E-state index contributed by atoms with van der Waals surface area (Å²) >= 11 is 13.3. The van der Waals surface area contributed by atoms with Crippen LogP contribution in [0.3, 0.4) is 0 Å². The fraction of sp³-hybridized carbons (Fsp3) is 0.346. The first-order valence-corrected chi connectivity index (χ1v) is 12.5. The summed E-state index contributed by atoms with van der Waals surface area (Å²) in [7, 11) is 3.03. The van der Waals surface area contributed by atoms with Crippen molar-refractivity contribution in [1.82, 2.24) is 15.3 Å². The highest BCUT2D eigenvalue weighted by Gasteiger charge is 2.27. The molecule has 2 N–H and O–H groups in total. The number of carbonyl (C=O) groups is 1. The summed E-state index contributed by atoms with van der Waals surface area (Å²) in [5, 5.41) is 8.45. The Morgan fingerprint density at radius 1 is 1.19 bits per heavy atom. The number of amides is 1. The van der Waals surface area contributed by atoms with Crippen LogP contribution in [0.2, 0.25) is 10.0 Å². The van der Waals surface area contributed by atoms with E-state index in [2.05, 4.69) is 22.2 Å². The van der Waals surface area contributed by atoms with Crippen molar-refractivity contribution in [2.24, 2.45) is 0 Å². The van der Waals surface area contributed by atoms with Crippen LogP contribution in [0.15, 0.2) is 37.1 Å². The largest absolute Gasteiger partial charge is 0.495 e. The van der Waals surface area contributed by atoms with Crippen molar-refractivity contribution in [1.29, 1.82) is 0 Å². The zero-order valence-corrected chi connectivity index (χ0v) is 22.3. The van der Waals surface area contributed by atoms with Crippen LogP contribution in [0.25, 0.3) is 22.0 Å². The smallest absolute Gasteiger partial charge is 0.243 e. The number of anilines is 1. The molecule has 2 aromatic heterocycles. The Hall–Kier alpha value is -3.27. The van der Waals surface area contributed by atoms with Gasteiger partial charge in [-0.2, -0.15) is 0 Å². The number of rotatable bonds is 9. The minimum absolute atomic E-state index is 0.129. The van der Waals surface area contributed by atoms with Crippen molar-refractivity contribution in [3.05, 3.63) is 47.1 Å². The summed E-state index contributed by atoms with van der Waals surface area (Å²) in [6.45, 7) is 6.78. The molecule has 2 atom stereocenters. The molecule has 1 aliphatic rings. The lowest BCUT2D eigenvalue weighted by Crippen LogP contribution is -2.52. The van der Waals surface area contributed by atoms with Crippen molar-refractivity contribution in [2.75, 3.05) is 39.4 Å². The highest BCUT2D eigenvalue weighted by Crippen LogP contribution is 2.46. The molecular formula is C26H28Cl2N4O5. The molecule has 1 aliphatic heterocycles. The second kappa shape index (κ2) is 11.9. The molecule has 0 spiro atoms. The van der Waals surface area contributed by atoms with Gasteiger partial charge in [-0.1, -0.05) is 29.8 Å². The van der Waals surface area contributed by atoms with Gasteiger partial charge in [0.15, 0.2) is 0 Å². The van der Waals surface area contributed by atoms with Crippen LogP contribution in [0.4, 0.5) is 5.82 Å². The summed E-state index contributed by atoms with van der Waals surface area (Å²) in [5.74, 6) is 1.57. The van der Waals surface area contributed by atoms with Crippen LogP contribution in [0.5, 0.6) is 17.4 Å². The summed E-state index contributed by atoms with van der Waals surface area (Å²) in [5.41, 5.74) is 0.947.